The van der Waals surface area contributed by atoms with Crippen molar-refractivity contribution >= 4 is 31.4 Å². The molecule has 0 aromatic heterocycles. The lowest BCUT2D eigenvalue weighted by Crippen LogP contribution is -2.16. The fraction of sp³-hybridized carbons (Fsp3) is 0.100. The van der Waals surface area contributed by atoms with Gasteiger partial charge < -0.3 is 0 Å². The van der Waals surface area contributed by atoms with E-state index < -0.39 is 25.9 Å². The second-order valence-electron chi connectivity index (χ2n) is 6.46. The summed E-state index contributed by atoms with van der Waals surface area (Å²) in [5.41, 5.74) is 1.72. The van der Waals surface area contributed by atoms with Crippen LogP contribution in [0.2, 0.25) is 0 Å². The molecule has 0 spiro atoms. The summed E-state index contributed by atoms with van der Waals surface area (Å²) >= 11 is 0. The molecule has 0 bridgehead atoms. The van der Waals surface area contributed by atoms with Crippen molar-refractivity contribution in [3.8, 4) is 0 Å². The van der Waals surface area contributed by atoms with Crippen LogP contribution in [0.5, 0.6) is 0 Å². The average molecular weight is 435 g/mol. The molecule has 0 unspecified atom stereocenters. The Hall–Kier alpha value is -2.91. The number of hydrogen-bond donors (Lipinski definition) is 2. The van der Waals surface area contributed by atoms with Crippen molar-refractivity contribution in [2.45, 2.75) is 17.6 Å². The van der Waals surface area contributed by atoms with Crippen LogP contribution in [0.1, 0.15) is 11.1 Å². The molecule has 0 atom stereocenters. The van der Waals surface area contributed by atoms with Crippen LogP contribution in [0.15, 0.2) is 77.7 Å². The van der Waals surface area contributed by atoms with Gasteiger partial charge in [-0.15, -0.1) is 0 Å². The third-order valence-corrected chi connectivity index (χ3v) is 6.67. The Labute approximate surface area is 169 Å². The van der Waals surface area contributed by atoms with E-state index in [4.69, 9.17) is 0 Å². The molecule has 29 heavy (non-hydrogen) atoms. The number of nitrogens with one attached hydrogen (secondary N) is 2. The van der Waals surface area contributed by atoms with Crippen LogP contribution >= 0.6 is 0 Å². The first kappa shape index (κ1) is 20.8. The molecule has 3 aromatic rings. The quantitative estimate of drug-likeness (QED) is 0.590. The lowest BCUT2D eigenvalue weighted by atomic mass is 10.2. The fourth-order valence-corrected chi connectivity index (χ4v) is 4.84. The molecule has 6 nitrogen and oxygen atoms in total. The molecular formula is C20H19FN2O4S2. The topological polar surface area (TPSA) is 92.3 Å². The number of para-hydroxylation sites is 1. The molecular weight excluding hydrogens is 415 g/mol. The number of rotatable bonds is 7. The number of hydrogen-bond acceptors (Lipinski definition) is 4. The minimum Gasteiger partial charge on any atom is -0.283 e. The SMILES string of the molecule is Cc1ccc(CS(=O)(=O)Nc2ccc(S(=O)(=O)Nc3ccccc3F)cc2)cc1. The second-order valence-corrected chi connectivity index (χ2v) is 9.86. The van der Waals surface area contributed by atoms with E-state index in [1.165, 1.54) is 42.5 Å². The number of benzene rings is 3. The summed E-state index contributed by atoms with van der Waals surface area (Å²) in [7, 11) is -7.68. The third kappa shape index (κ3) is 5.55. The van der Waals surface area contributed by atoms with Gasteiger partial charge in [-0.1, -0.05) is 42.0 Å². The van der Waals surface area contributed by atoms with Crippen molar-refractivity contribution in [2.24, 2.45) is 0 Å². The highest BCUT2D eigenvalue weighted by Crippen LogP contribution is 2.21. The third-order valence-electron chi connectivity index (χ3n) is 4.03. The predicted octanol–water partition coefficient (Wildman–Crippen LogP) is 3.88. The van der Waals surface area contributed by atoms with Crippen molar-refractivity contribution in [1.82, 2.24) is 0 Å². The Morgan fingerprint density at radius 1 is 0.793 bits per heavy atom. The lowest BCUT2D eigenvalue weighted by molar-refractivity contribution is 0.598. The molecule has 0 aliphatic heterocycles. The van der Waals surface area contributed by atoms with Gasteiger partial charge in [0.2, 0.25) is 10.0 Å². The van der Waals surface area contributed by atoms with Crippen molar-refractivity contribution in [3.05, 3.63) is 89.7 Å². The Bertz CT molecular complexity index is 1210. The van der Waals surface area contributed by atoms with Crippen LogP contribution in [-0.4, -0.2) is 16.8 Å². The Kier molecular flexibility index (Phi) is 5.90. The van der Waals surface area contributed by atoms with Crippen molar-refractivity contribution in [2.75, 3.05) is 9.44 Å². The van der Waals surface area contributed by atoms with E-state index in [1.807, 2.05) is 19.1 Å². The maximum atomic E-state index is 13.7. The Morgan fingerprint density at radius 3 is 2.03 bits per heavy atom. The minimum atomic E-state index is -4.02. The van der Waals surface area contributed by atoms with E-state index in [-0.39, 0.29) is 22.0 Å². The monoisotopic (exact) mass is 434 g/mol. The minimum absolute atomic E-state index is 0.123. The van der Waals surface area contributed by atoms with Gasteiger partial charge in [0, 0.05) is 5.69 Å². The van der Waals surface area contributed by atoms with Gasteiger partial charge in [0.25, 0.3) is 10.0 Å². The highest BCUT2D eigenvalue weighted by molar-refractivity contribution is 7.92. The molecule has 0 saturated carbocycles. The standard InChI is InChI=1S/C20H19FN2O4S2/c1-15-6-8-16(9-7-15)14-28(24,25)22-17-10-12-18(13-11-17)29(26,27)23-20-5-3-2-4-19(20)21/h2-13,22-23H,14H2,1H3. The van der Waals surface area contributed by atoms with Gasteiger partial charge in [-0.05, 0) is 48.9 Å². The molecule has 0 aliphatic carbocycles. The van der Waals surface area contributed by atoms with E-state index in [2.05, 4.69) is 9.44 Å². The zero-order valence-electron chi connectivity index (χ0n) is 15.5. The Morgan fingerprint density at radius 2 is 1.41 bits per heavy atom. The first-order chi connectivity index (χ1) is 13.6. The highest BCUT2D eigenvalue weighted by Gasteiger charge is 2.17. The predicted molar refractivity (Wildman–Crippen MR) is 111 cm³/mol. The summed E-state index contributed by atoms with van der Waals surface area (Å²) in [6, 6.07) is 17.7. The highest BCUT2D eigenvalue weighted by atomic mass is 32.2. The van der Waals surface area contributed by atoms with Gasteiger partial charge in [0.1, 0.15) is 5.82 Å². The van der Waals surface area contributed by atoms with E-state index in [0.29, 0.717) is 5.56 Å². The summed E-state index contributed by atoms with van der Waals surface area (Å²) in [6.45, 7) is 1.91. The maximum absolute atomic E-state index is 13.7. The number of anilines is 2. The van der Waals surface area contributed by atoms with Gasteiger partial charge in [0.05, 0.1) is 16.3 Å². The summed E-state index contributed by atoms with van der Waals surface area (Å²) in [4.78, 5) is -0.123. The van der Waals surface area contributed by atoms with Gasteiger partial charge in [0.15, 0.2) is 0 Å². The zero-order valence-corrected chi connectivity index (χ0v) is 17.1. The summed E-state index contributed by atoms with van der Waals surface area (Å²) in [6.07, 6.45) is 0. The van der Waals surface area contributed by atoms with Crippen LogP contribution in [0.3, 0.4) is 0 Å². The normalized spacial score (nSPS) is 11.8. The first-order valence-electron chi connectivity index (χ1n) is 8.58. The van der Waals surface area contributed by atoms with Crippen LogP contribution in [-0.2, 0) is 25.8 Å². The van der Waals surface area contributed by atoms with E-state index >= 15 is 0 Å². The lowest BCUT2D eigenvalue weighted by Gasteiger charge is -2.11. The van der Waals surface area contributed by atoms with Crippen LogP contribution in [0.25, 0.3) is 0 Å². The fourth-order valence-electron chi connectivity index (χ4n) is 2.57. The summed E-state index contributed by atoms with van der Waals surface area (Å²) in [5.74, 6) is -0.904. The molecule has 0 amide bonds. The number of halogens is 1. The smallest absolute Gasteiger partial charge is 0.261 e. The van der Waals surface area contributed by atoms with Crippen LogP contribution in [0, 0.1) is 12.7 Å². The summed E-state index contributed by atoms with van der Waals surface area (Å²) < 4.78 is 67.7. The molecule has 9 heteroatoms. The molecule has 0 fully saturated rings. The zero-order chi connectivity index (χ0) is 21.1. The van der Waals surface area contributed by atoms with Gasteiger partial charge in [-0.25, -0.2) is 21.2 Å². The average Bonchev–Trinajstić information content (AvgIpc) is 2.65. The van der Waals surface area contributed by atoms with Gasteiger partial charge in [-0.2, -0.15) is 0 Å². The largest absolute Gasteiger partial charge is 0.283 e. The molecule has 3 rings (SSSR count). The number of sulfonamides is 2. The van der Waals surface area contributed by atoms with Crippen LogP contribution < -0.4 is 9.44 Å². The molecule has 0 aliphatic rings. The molecule has 0 saturated heterocycles. The van der Waals surface area contributed by atoms with Gasteiger partial charge >= 0.3 is 0 Å². The number of aryl methyl sites for hydroxylation is 1. The first-order valence-corrected chi connectivity index (χ1v) is 11.7. The Balaban J connectivity index is 1.72. The molecule has 152 valence electrons. The maximum Gasteiger partial charge on any atom is 0.261 e. The van der Waals surface area contributed by atoms with E-state index in [1.54, 1.807) is 12.1 Å². The van der Waals surface area contributed by atoms with Gasteiger partial charge in [-0.3, -0.25) is 9.44 Å². The summed E-state index contributed by atoms with van der Waals surface area (Å²) in [5, 5.41) is 0. The van der Waals surface area contributed by atoms with E-state index in [0.717, 1.165) is 11.6 Å². The second kappa shape index (κ2) is 8.22. The van der Waals surface area contributed by atoms with E-state index in [9.17, 15) is 21.2 Å². The van der Waals surface area contributed by atoms with Crippen LogP contribution in [0.4, 0.5) is 15.8 Å². The molecule has 0 heterocycles. The molecule has 3 aromatic carbocycles. The van der Waals surface area contributed by atoms with Crippen molar-refractivity contribution < 1.29 is 21.2 Å². The van der Waals surface area contributed by atoms with Crippen molar-refractivity contribution in [1.29, 1.82) is 0 Å². The van der Waals surface area contributed by atoms with Crippen molar-refractivity contribution in [3.63, 3.8) is 0 Å². The molecule has 0 radical (unpaired) electrons. The molecule has 2 N–H and O–H groups in total.